The van der Waals surface area contributed by atoms with Crippen molar-refractivity contribution in [2.24, 2.45) is 11.5 Å². The van der Waals surface area contributed by atoms with E-state index in [4.69, 9.17) is 11.5 Å². The fourth-order valence-corrected chi connectivity index (χ4v) is 3.64. The molecule has 178 valence electrons. The van der Waals surface area contributed by atoms with Crippen LogP contribution in [0.1, 0.15) is 44.7 Å². The van der Waals surface area contributed by atoms with E-state index >= 15 is 0 Å². The van der Waals surface area contributed by atoms with Crippen LogP contribution in [0.2, 0.25) is 0 Å². The van der Waals surface area contributed by atoms with E-state index in [9.17, 15) is 24.3 Å². The van der Waals surface area contributed by atoms with Crippen molar-refractivity contribution >= 4 is 23.7 Å². The Morgan fingerprint density at radius 3 is 2.56 bits per heavy atom. The molecule has 1 saturated heterocycles. The first-order valence-corrected chi connectivity index (χ1v) is 10.8. The lowest BCUT2D eigenvalue weighted by Gasteiger charge is -2.28. The van der Waals surface area contributed by atoms with E-state index in [0.717, 1.165) is 0 Å². The molecular weight excluding hydrogens is 418 g/mol. The van der Waals surface area contributed by atoms with Gasteiger partial charge in [0.2, 0.25) is 17.7 Å². The number of carbonyl (C=O) groups is 4. The van der Waals surface area contributed by atoms with Crippen LogP contribution in [0.5, 0.6) is 0 Å². The zero-order valence-corrected chi connectivity index (χ0v) is 18.3. The average Bonchev–Trinajstić information content (AvgIpc) is 3.43. The number of nitrogens with zero attached hydrogens (tertiary/aromatic N) is 2. The molecule has 12 nitrogen and oxygen atoms in total. The monoisotopic (exact) mass is 451 g/mol. The maximum Gasteiger partial charge on any atom is 0.326 e. The number of aromatic amines is 1. The van der Waals surface area contributed by atoms with Gasteiger partial charge >= 0.3 is 5.97 Å². The van der Waals surface area contributed by atoms with Gasteiger partial charge in [-0.2, -0.15) is 0 Å². The summed E-state index contributed by atoms with van der Waals surface area (Å²) in [6, 6.07) is -3.65. The van der Waals surface area contributed by atoms with Crippen LogP contribution in [0.15, 0.2) is 12.5 Å². The first-order valence-electron chi connectivity index (χ1n) is 10.8. The van der Waals surface area contributed by atoms with Gasteiger partial charge in [0.05, 0.1) is 12.4 Å². The van der Waals surface area contributed by atoms with Gasteiger partial charge in [0.25, 0.3) is 0 Å². The van der Waals surface area contributed by atoms with Crippen LogP contribution in [-0.4, -0.2) is 80.9 Å². The van der Waals surface area contributed by atoms with E-state index in [1.54, 1.807) is 0 Å². The minimum Gasteiger partial charge on any atom is -0.480 e. The number of carboxylic acid groups (broad SMARTS) is 1. The normalized spacial score (nSPS) is 18.6. The SMILES string of the molecule is CC(N)C(=O)NC(CCCCN)C(=O)NC(Cc1cnc[nH]1)C(=O)N1CCCC1C(=O)O. The lowest BCUT2D eigenvalue weighted by Crippen LogP contribution is -2.57. The molecule has 2 heterocycles. The van der Waals surface area contributed by atoms with Gasteiger partial charge in [-0.25, -0.2) is 9.78 Å². The molecule has 0 radical (unpaired) electrons. The lowest BCUT2D eigenvalue weighted by molar-refractivity contribution is -0.149. The topological polar surface area (TPSA) is 197 Å². The highest BCUT2D eigenvalue weighted by molar-refractivity contribution is 5.94. The van der Waals surface area contributed by atoms with Crippen LogP contribution in [0, 0.1) is 0 Å². The molecule has 0 aromatic carbocycles. The first-order chi connectivity index (χ1) is 15.2. The van der Waals surface area contributed by atoms with Crippen molar-refractivity contribution in [2.45, 2.75) is 69.6 Å². The van der Waals surface area contributed by atoms with Crippen molar-refractivity contribution in [1.29, 1.82) is 0 Å². The van der Waals surface area contributed by atoms with E-state index in [2.05, 4.69) is 20.6 Å². The number of carboxylic acids is 1. The third-order valence-electron chi connectivity index (χ3n) is 5.41. The fraction of sp³-hybridized carbons (Fsp3) is 0.650. The van der Waals surface area contributed by atoms with Gasteiger partial charge in [0.1, 0.15) is 18.1 Å². The molecule has 0 saturated carbocycles. The van der Waals surface area contributed by atoms with Crippen molar-refractivity contribution in [1.82, 2.24) is 25.5 Å². The summed E-state index contributed by atoms with van der Waals surface area (Å²) in [5.41, 5.74) is 11.7. The number of aliphatic carboxylic acids is 1. The van der Waals surface area contributed by atoms with Crippen LogP contribution in [0.25, 0.3) is 0 Å². The van der Waals surface area contributed by atoms with E-state index in [-0.39, 0.29) is 6.42 Å². The molecule has 2 rings (SSSR count). The van der Waals surface area contributed by atoms with Gasteiger partial charge in [-0.3, -0.25) is 14.4 Å². The van der Waals surface area contributed by atoms with E-state index in [1.807, 2.05) is 0 Å². The second-order valence-electron chi connectivity index (χ2n) is 8.00. The zero-order valence-electron chi connectivity index (χ0n) is 18.3. The smallest absolute Gasteiger partial charge is 0.326 e. The highest BCUT2D eigenvalue weighted by Gasteiger charge is 2.38. The lowest BCUT2D eigenvalue weighted by atomic mass is 10.1. The summed E-state index contributed by atoms with van der Waals surface area (Å²) in [6.07, 6.45) is 5.60. The quantitative estimate of drug-likeness (QED) is 0.206. The van der Waals surface area contributed by atoms with Crippen molar-refractivity contribution in [3.8, 4) is 0 Å². The van der Waals surface area contributed by atoms with Crippen LogP contribution >= 0.6 is 0 Å². The number of imidazole rings is 1. The fourth-order valence-electron chi connectivity index (χ4n) is 3.64. The first kappa shape index (κ1) is 25.3. The Kier molecular flexibility index (Phi) is 9.60. The number of rotatable bonds is 12. The largest absolute Gasteiger partial charge is 0.480 e. The number of nitrogens with two attached hydrogens (primary N) is 2. The maximum absolute atomic E-state index is 13.2. The summed E-state index contributed by atoms with van der Waals surface area (Å²) >= 11 is 0. The van der Waals surface area contributed by atoms with Crippen molar-refractivity contribution in [2.75, 3.05) is 13.1 Å². The molecular formula is C20H33N7O5. The molecule has 8 N–H and O–H groups in total. The Labute approximate surface area is 186 Å². The van der Waals surface area contributed by atoms with E-state index in [0.29, 0.717) is 50.9 Å². The van der Waals surface area contributed by atoms with Gasteiger partial charge < -0.3 is 37.1 Å². The number of hydrogen-bond acceptors (Lipinski definition) is 7. The predicted molar refractivity (Wildman–Crippen MR) is 115 cm³/mol. The number of carbonyl (C=O) groups excluding carboxylic acids is 3. The van der Waals surface area contributed by atoms with Crippen LogP contribution in [0.4, 0.5) is 0 Å². The van der Waals surface area contributed by atoms with Crippen molar-refractivity contribution < 1.29 is 24.3 Å². The number of amides is 3. The zero-order chi connectivity index (χ0) is 23.7. The molecule has 1 fully saturated rings. The molecule has 1 aromatic heterocycles. The summed E-state index contributed by atoms with van der Waals surface area (Å²) in [6.45, 7) is 2.25. The van der Waals surface area contributed by atoms with Crippen molar-refractivity contribution in [3.63, 3.8) is 0 Å². The molecule has 1 aliphatic rings. The Morgan fingerprint density at radius 1 is 1.25 bits per heavy atom. The van der Waals surface area contributed by atoms with Crippen LogP contribution in [-0.2, 0) is 25.6 Å². The molecule has 3 amide bonds. The van der Waals surface area contributed by atoms with Gasteiger partial charge in [-0.15, -0.1) is 0 Å². The summed E-state index contributed by atoms with van der Waals surface area (Å²) < 4.78 is 0. The minimum atomic E-state index is -1.08. The van der Waals surface area contributed by atoms with E-state index in [1.165, 1.54) is 24.3 Å². The maximum atomic E-state index is 13.2. The molecule has 0 spiro atoms. The highest BCUT2D eigenvalue weighted by atomic mass is 16.4. The third-order valence-corrected chi connectivity index (χ3v) is 5.41. The molecule has 32 heavy (non-hydrogen) atoms. The third kappa shape index (κ3) is 7.02. The minimum absolute atomic E-state index is 0.101. The van der Waals surface area contributed by atoms with E-state index < -0.39 is 47.9 Å². The van der Waals surface area contributed by atoms with Crippen LogP contribution in [0.3, 0.4) is 0 Å². The summed E-state index contributed by atoms with van der Waals surface area (Å²) in [7, 11) is 0. The molecule has 4 atom stereocenters. The van der Waals surface area contributed by atoms with Gasteiger partial charge in [-0.05, 0) is 45.6 Å². The molecule has 4 unspecified atom stereocenters. The van der Waals surface area contributed by atoms with Crippen molar-refractivity contribution in [3.05, 3.63) is 18.2 Å². The summed E-state index contributed by atoms with van der Waals surface area (Å²) in [5, 5.41) is 14.8. The summed E-state index contributed by atoms with van der Waals surface area (Å²) in [4.78, 5) is 58.0. The molecule has 1 aromatic rings. The molecule has 0 bridgehead atoms. The number of likely N-dealkylation sites (tertiary alicyclic amines) is 1. The number of nitrogens with one attached hydrogen (secondary N) is 3. The highest BCUT2D eigenvalue weighted by Crippen LogP contribution is 2.19. The summed E-state index contributed by atoms with van der Waals surface area (Å²) in [5.74, 6) is -2.59. The standard InChI is InChI=1S/C20H33N7O5/c1-12(22)17(28)25-14(5-2-3-7-21)18(29)26-15(9-13-10-23-11-24-13)19(30)27-8-4-6-16(27)20(31)32/h10-12,14-16H,2-9,21-22H2,1H3,(H,23,24)(H,25,28)(H,26,29)(H,31,32). The Bertz CT molecular complexity index is 783. The number of aromatic nitrogens is 2. The number of H-pyrrole nitrogens is 1. The molecule has 12 heteroatoms. The molecule has 1 aliphatic heterocycles. The van der Waals surface area contributed by atoms with Gasteiger partial charge in [0.15, 0.2) is 0 Å². The second-order valence-corrected chi connectivity index (χ2v) is 8.00. The second kappa shape index (κ2) is 12.2. The Hall–Kier alpha value is -2.99. The van der Waals surface area contributed by atoms with Crippen LogP contribution < -0.4 is 22.1 Å². The van der Waals surface area contributed by atoms with Gasteiger partial charge in [-0.1, -0.05) is 0 Å². The molecule has 0 aliphatic carbocycles. The number of unbranched alkanes of at least 4 members (excludes halogenated alkanes) is 1. The number of hydrogen-bond donors (Lipinski definition) is 6. The predicted octanol–water partition coefficient (Wildman–Crippen LogP) is -1.53. The Balaban J connectivity index is 2.19. The Morgan fingerprint density at radius 2 is 1.97 bits per heavy atom. The van der Waals surface area contributed by atoms with Gasteiger partial charge in [0, 0.05) is 24.9 Å². The average molecular weight is 452 g/mol.